The van der Waals surface area contributed by atoms with Crippen LogP contribution in [0.2, 0.25) is 0 Å². The number of ether oxygens (including phenoxy) is 1. The van der Waals surface area contributed by atoms with Crippen LogP contribution in [0.5, 0.6) is 5.75 Å². The van der Waals surface area contributed by atoms with Crippen molar-refractivity contribution in [2.24, 2.45) is 0 Å². The van der Waals surface area contributed by atoms with Crippen molar-refractivity contribution in [1.29, 1.82) is 0 Å². The van der Waals surface area contributed by atoms with E-state index in [1.807, 2.05) is 0 Å². The van der Waals surface area contributed by atoms with E-state index in [-0.39, 0.29) is 18.0 Å². The molecule has 2 N–H and O–H groups in total. The molecule has 0 fully saturated rings. The van der Waals surface area contributed by atoms with Gasteiger partial charge in [-0.3, -0.25) is 9.59 Å². The van der Waals surface area contributed by atoms with Crippen molar-refractivity contribution < 1.29 is 18.7 Å². The SMILES string of the molecule is COc1ccc(CNC(=O)c2ccccc2F)cc1NC(C)=O. The second-order valence-electron chi connectivity index (χ2n) is 4.88. The smallest absolute Gasteiger partial charge is 0.254 e. The summed E-state index contributed by atoms with van der Waals surface area (Å²) in [7, 11) is 1.50. The normalized spacial score (nSPS) is 10.0. The molecule has 2 aromatic carbocycles. The standard InChI is InChI=1S/C17H17FN2O3/c1-11(21)20-15-9-12(7-8-16(15)23-2)10-19-17(22)13-5-3-4-6-14(13)18/h3-9H,10H2,1-2H3,(H,19,22)(H,20,21). The van der Waals surface area contributed by atoms with Gasteiger partial charge in [-0.25, -0.2) is 4.39 Å². The first-order valence-corrected chi connectivity index (χ1v) is 6.98. The maximum Gasteiger partial charge on any atom is 0.254 e. The van der Waals surface area contributed by atoms with Crippen LogP contribution >= 0.6 is 0 Å². The number of amides is 2. The largest absolute Gasteiger partial charge is 0.495 e. The fourth-order valence-electron chi connectivity index (χ4n) is 2.08. The lowest BCUT2D eigenvalue weighted by molar-refractivity contribution is -0.114. The number of hydrogen-bond acceptors (Lipinski definition) is 3. The first kappa shape index (κ1) is 16.5. The van der Waals surface area contributed by atoms with E-state index in [0.29, 0.717) is 11.4 Å². The molecule has 6 heteroatoms. The summed E-state index contributed by atoms with van der Waals surface area (Å²) >= 11 is 0. The number of halogens is 1. The molecule has 0 unspecified atom stereocenters. The van der Waals surface area contributed by atoms with E-state index >= 15 is 0 Å². The molecule has 120 valence electrons. The summed E-state index contributed by atoms with van der Waals surface area (Å²) in [6, 6.07) is 10.9. The van der Waals surface area contributed by atoms with Gasteiger partial charge in [-0.15, -0.1) is 0 Å². The predicted molar refractivity (Wildman–Crippen MR) is 84.9 cm³/mol. The van der Waals surface area contributed by atoms with Gasteiger partial charge in [0.1, 0.15) is 11.6 Å². The van der Waals surface area contributed by atoms with Crippen molar-refractivity contribution in [3.05, 3.63) is 59.4 Å². The van der Waals surface area contributed by atoms with Gasteiger partial charge in [0, 0.05) is 13.5 Å². The molecular weight excluding hydrogens is 299 g/mol. The maximum absolute atomic E-state index is 13.5. The summed E-state index contributed by atoms with van der Waals surface area (Å²) in [5.41, 5.74) is 1.25. The lowest BCUT2D eigenvalue weighted by atomic mass is 10.1. The molecule has 0 atom stereocenters. The highest BCUT2D eigenvalue weighted by Gasteiger charge is 2.11. The third-order valence-electron chi connectivity index (χ3n) is 3.15. The summed E-state index contributed by atoms with van der Waals surface area (Å²) in [5.74, 6) is -0.779. The second kappa shape index (κ2) is 7.40. The van der Waals surface area contributed by atoms with Crippen LogP contribution in [-0.4, -0.2) is 18.9 Å². The summed E-state index contributed by atoms with van der Waals surface area (Å²) in [6.07, 6.45) is 0. The number of rotatable bonds is 5. The topological polar surface area (TPSA) is 67.4 Å². The van der Waals surface area contributed by atoms with Crippen LogP contribution in [0.4, 0.5) is 10.1 Å². The Balaban J connectivity index is 2.10. The van der Waals surface area contributed by atoms with Gasteiger partial charge in [0.05, 0.1) is 18.4 Å². The van der Waals surface area contributed by atoms with Gasteiger partial charge in [-0.1, -0.05) is 18.2 Å². The summed E-state index contributed by atoms with van der Waals surface area (Å²) in [4.78, 5) is 23.2. The quantitative estimate of drug-likeness (QED) is 0.891. The van der Waals surface area contributed by atoms with Crippen LogP contribution < -0.4 is 15.4 Å². The van der Waals surface area contributed by atoms with Gasteiger partial charge in [0.2, 0.25) is 5.91 Å². The van der Waals surface area contributed by atoms with Crippen LogP contribution in [0.3, 0.4) is 0 Å². The third kappa shape index (κ3) is 4.29. The Hall–Kier alpha value is -2.89. The number of nitrogens with one attached hydrogen (secondary N) is 2. The van der Waals surface area contributed by atoms with Gasteiger partial charge in [0.15, 0.2) is 0 Å². The Morgan fingerprint density at radius 2 is 1.91 bits per heavy atom. The highest BCUT2D eigenvalue weighted by Crippen LogP contribution is 2.25. The average molecular weight is 316 g/mol. The van der Waals surface area contributed by atoms with Crippen LogP contribution in [0.1, 0.15) is 22.8 Å². The molecule has 0 aliphatic carbocycles. The number of hydrogen-bond donors (Lipinski definition) is 2. The van der Waals surface area contributed by atoms with E-state index in [0.717, 1.165) is 5.56 Å². The average Bonchev–Trinajstić information content (AvgIpc) is 2.52. The molecule has 0 saturated heterocycles. The molecule has 0 aliphatic heterocycles. The highest BCUT2D eigenvalue weighted by atomic mass is 19.1. The predicted octanol–water partition coefficient (Wildman–Crippen LogP) is 2.72. The number of carbonyl (C=O) groups excluding carboxylic acids is 2. The first-order chi connectivity index (χ1) is 11.0. The third-order valence-corrected chi connectivity index (χ3v) is 3.15. The van der Waals surface area contributed by atoms with Crippen LogP contribution in [0.15, 0.2) is 42.5 Å². The molecule has 2 rings (SSSR count). The first-order valence-electron chi connectivity index (χ1n) is 6.98. The molecule has 0 heterocycles. The zero-order chi connectivity index (χ0) is 16.8. The van der Waals surface area contributed by atoms with Gasteiger partial charge in [0.25, 0.3) is 5.91 Å². The number of anilines is 1. The monoisotopic (exact) mass is 316 g/mol. The molecule has 0 spiro atoms. The van der Waals surface area contributed by atoms with Crippen LogP contribution in [0, 0.1) is 5.82 Å². The Kier molecular flexibility index (Phi) is 5.30. The molecule has 23 heavy (non-hydrogen) atoms. The highest BCUT2D eigenvalue weighted by molar-refractivity contribution is 5.94. The van der Waals surface area contributed by atoms with Crippen molar-refractivity contribution in [2.75, 3.05) is 12.4 Å². The lowest BCUT2D eigenvalue weighted by Gasteiger charge is -2.12. The summed E-state index contributed by atoms with van der Waals surface area (Å²) < 4.78 is 18.7. The number of carbonyl (C=O) groups is 2. The minimum absolute atomic E-state index is 0.0110. The van der Waals surface area contributed by atoms with E-state index in [2.05, 4.69) is 10.6 Å². The van der Waals surface area contributed by atoms with Crippen molar-refractivity contribution in [2.45, 2.75) is 13.5 Å². The number of benzene rings is 2. The van der Waals surface area contributed by atoms with E-state index in [1.54, 1.807) is 24.3 Å². The summed E-state index contributed by atoms with van der Waals surface area (Å²) in [5, 5.41) is 5.30. The Morgan fingerprint density at radius 3 is 2.57 bits per heavy atom. The second-order valence-corrected chi connectivity index (χ2v) is 4.88. The Labute approximate surface area is 133 Å². The maximum atomic E-state index is 13.5. The fraction of sp³-hybridized carbons (Fsp3) is 0.176. The summed E-state index contributed by atoms with van der Waals surface area (Å²) in [6.45, 7) is 1.59. The molecule has 2 amide bonds. The van der Waals surface area contributed by atoms with Crippen LogP contribution in [-0.2, 0) is 11.3 Å². The molecule has 0 bridgehead atoms. The van der Waals surface area contributed by atoms with Crippen molar-refractivity contribution >= 4 is 17.5 Å². The molecule has 2 aromatic rings. The van der Waals surface area contributed by atoms with Crippen LogP contribution in [0.25, 0.3) is 0 Å². The minimum atomic E-state index is -0.571. The van der Waals surface area contributed by atoms with E-state index in [4.69, 9.17) is 4.74 Å². The van der Waals surface area contributed by atoms with Gasteiger partial charge in [-0.05, 0) is 29.8 Å². The molecular formula is C17H17FN2O3. The molecule has 5 nitrogen and oxygen atoms in total. The van der Waals surface area contributed by atoms with Crippen molar-refractivity contribution in [1.82, 2.24) is 5.32 Å². The zero-order valence-electron chi connectivity index (χ0n) is 12.9. The van der Waals surface area contributed by atoms with Crippen molar-refractivity contribution in [3.8, 4) is 5.75 Å². The molecule has 0 aromatic heterocycles. The lowest BCUT2D eigenvalue weighted by Crippen LogP contribution is -2.23. The van der Waals surface area contributed by atoms with Gasteiger partial charge >= 0.3 is 0 Å². The van der Waals surface area contributed by atoms with Gasteiger partial charge in [-0.2, -0.15) is 0 Å². The van der Waals surface area contributed by atoms with E-state index in [1.165, 1.54) is 32.2 Å². The number of methoxy groups -OCH3 is 1. The molecule has 0 radical (unpaired) electrons. The molecule has 0 aliphatic rings. The van der Waals surface area contributed by atoms with Gasteiger partial charge < -0.3 is 15.4 Å². The van der Waals surface area contributed by atoms with E-state index in [9.17, 15) is 14.0 Å². The zero-order valence-corrected chi connectivity index (χ0v) is 12.9. The minimum Gasteiger partial charge on any atom is -0.495 e. The Bertz CT molecular complexity index is 732. The van der Waals surface area contributed by atoms with E-state index < -0.39 is 11.7 Å². The Morgan fingerprint density at radius 1 is 1.17 bits per heavy atom. The van der Waals surface area contributed by atoms with Crippen molar-refractivity contribution in [3.63, 3.8) is 0 Å². The fourth-order valence-corrected chi connectivity index (χ4v) is 2.08. The molecule has 0 saturated carbocycles.